The molecule has 0 atom stereocenters. The van der Waals surface area contributed by atoms with Gasteiger partial charge in [-0.3, -0.25) is 4.79 Å². The SMILES string of the molecule is CCCC(C)(C)NC(=O)C1(C#N)CCCCCC1. The van der Waals surface area contributed by atoms with E-state index in [2.05, 4.69) is 18.3 Å². The number of nitrogens with zero attached hydrogens (tertiary/aromatic N) is 1. The van der Waals surface area contributed by atoms with Gasteiger partial charge in [0.15, 0.2) is 0 Å². The molecule has 0 unspecified atom stereocenters. The first kappa shape index (κ1) is 15.0. The van der Waals surface area contributed by atoms with Gasteiger partial charge in [0.1, 0.15) is 5.41 Å². The van der Waals surface area contributed by atoms with Gasteiger partial charge in [-0.15, -0.1) is 0 Å². The summed E-state index contributed by atoms with van der Waals surface area (Å²) in [6.07, 6.45) is 7.71. The van der Waals surface area contributed by atoms with Crippen molar-refractivity contribution in [2.45, 2.75) is 77.7 Å². The largest absolute Gasteiger partial charge is 0.350 e. The Kier molecular flexibility index (Phi) is 5.19. The Labute approximate surface area is 111 Å². The van der Waals surface area contributed by atoms with Crippen molar-refractivity contribution in [3.05, 3.63) is 0 Å². The molecular weight excluding hydrogens is 224 g/mol. The van der Waals surface area contributed by atoms with Crippen LogP contribution in [0, 0.1) is 16.7 Å². The summed E-state index contributed by atoms with van der Waals surface area (Å²) in [5.74, 6) is -0.0506. The van der Waals surface area contributed by atoms with Crippen molar-refractivity contribution < 1.29 is 4.79 Å². The Morgan fingerprint density at radius 1 is 1.28 bits per heavy atom. The molecule has 3 heteroatoms. The van der Waals surface area contributed by atoms with Gasteiger partial charge >= 0.3 is 0 Å². The standard InChI is InChI=1S/C15H26N2O/c1-4-9-14(2,3)17-13(18)15(12-16)10-7-5-6-8-11-15/h4-11H2,1-3H3,(H,17,18). The maximum Gasteiger partial charge on any atom is 0.240 e. The van der Waals surface area contributed by atoms with Gasteiger partial charge < -0.3 is 5.32 Å². The van der Waals surface area contributed by atoms with Crippen molar-refractivity contribution in [3.63, 3.8) is 0 Å². The van der Waals surface area contributed by atoms with Crippen LogP contribution in [0.5, 0.6) is 0 Å². The normalized spacial score (nSPS) is 19.7. The van der Waals surface area contributed by atoms with Crippen LogP contribution in [0.2, 0.25) is 0 Å². The zero-order chi connectivity index (χ0) is 13.6. The summed E-state index contributed by atoms with van der Waals surface area (Å²) in [5.41, 5.74) is -0.983. The Bertz CT molecular complexity index is 320. The van der Waals surface area contributed by atoms with E-state index in [-0.39, 0.29) is 11.4 Å². The fraction of sp³-hybridized carbons (Fsp3) is 0.867. The molecule has 0 heterocycles. The van der Waals surface area contributed by atoms with E-state index in [9.17, 15) is 10.1 Å². The molecule has 1 aliphatic carbocycles. The molecule has 1 amide bonds. The quantitative estimate of drug-likeness (QED) is 0.776. The van der Waals surface area contributed by atoms with Crippen molar-refractivity contribution in [2.75, 3.05) is 0 Å². The molecule has 0 aliphatic heterocycles. The Balaban J connectivity index is 2.75. The van der Waals surface area contributed by atoms with E-state index in [1.54, 1.807) is 0 Å². The molecule has 0 bridgehead atoms. The van der Waals surface area contributed by atoms with E-state index < -0.39 is 5.41 Å². The van der Waals surface area contributed by atoms with Gasteiger partial charge in [-0.1, -0.05) is 39.0 Å². The van der Waals surface area contributed by atoms with Crippen molar-refractivity contribution >= 4 is 5.91 Å². The second-order valence-corrected chi connectivity index (χ2v) is 6.20. The maximum atomic E-state index is 12.5. The fourth-order valence-electron chi connectivity index (χ4n) is 2.84. The minimum atomic E-state index is -0.776. The highest BCUT2D eigenvalue weighted by Gasteiger charge is 2.40. The lowest BCUT2D eigenvalue weighted by Crippen LogP contribution is -2.50. The van der Waals surface area contributed by atoms with Gasteiger partial charge in [0.25, 0.3) is 0 Å². The summed E-state index contributed by atoms with van der Waals surface area (Å²) >= 11 is 0. The first-order chi connectivity index (χ1) is 8.46. The van der Waals surface area contributed by atoms with Crippen molar-refractivity contribution in [1.82, 2.24) is 5.32 Å². The number of nitrogens with one attached hydrogen (secondary N) is 1. The second kappa shape index (κ2) is 6.22. The van der Waals surface area contributed by atoms with E-state index >= 15 is 0 Å². The molecule has 0 aromatic rings. The number of amides is 1. The van der Waals surface area contributed by atoms with Crippen LogP contribution in [0.1, 0.15) is 72.1 Å². The Morgan fingerprint density at radius 3 is 2.28 bits per heavy atom. The van der Waals surface area contributed by atoms with E-state index in [0.717, 1.165) is 51.4 Å². The Morgan fingerprint density at radius 2 is 1.83 bits per heavy atom. The van der Waals surface area contributed by atoms with Gasteiger partial charge in [0.05, 0.1) is 6.07 Å². The average molecular weight is 250 g/mol. The van der Waals surface area contributed by atoms with E-state index in [4.69, 9.17) is 0 Å². The fourth-order valence-corrected chi connectivity index (χ4v) is 2.84. The summed E-state index contributed by atoms with van der Waals surface area (Å²) in [6.45, 7) is 6.19. The summed E-state index contributed by atoms with van der Waals surface area (Å²) in [5, 5.41) is 12.5. The monoisotopic (exact) mass is 250 g/mol. The van der Waals surface area contributed by atoms with Gasteiger partial charge in [0.2, 0.25) is 5.91 Å². The van der Waals surface area contributed by atoms with Gasteiger partial charge in [-0.25, -0.2) is 0 Å². The van der Waals surface area contributed by atoms with Crippen LogP contribution in [0.3, 0.4) is 0 Å². The van der Waals surface area contributed by atoms with Crippen LogP contribution in [0.25, 0.3) is 0 Å². The van der Waals surface area contributed by atoms with Gasteiger partial charge in [-0.2, -0.15) is 5.26 Å². The topological polar surface area (TPSA) is 52.9 Å². The molecular formula is C15H26N2O. The molecule has 1 rings (SSSR count). The molecule has 3 nitrogen and oxygen atoms in total. The molecule has 1 fully saturated rings. The maximum absolute atomic E-state index is 12.5. The van der Waals surface area contributed by atoms with Crippen LogP contribution < -0.4 is 5.32 Å². The minimum absolute atomic E-state index is 0.0506. The molecule has 0 aromatic carbocycles. The van der Waals surface area contributed by atoms with Crippen LogP contribution >= 0.6 is 0 Å². The number of nitriles is 1. The third kappa shape index (κ3) is 3.73. The summed E-state index contributed by atoms with van der Waals surface area (Å²) < 4.78 is 0. The van der Waals surface area contributed by atoms with Crippen LogP contribution in [0.15, 0.2) is 0 Å². The highest BCUT2D eigenvalue weighted by atomic mass is 16.2. The van der Waals surface area contributed by atoms with Crippen molar-refractivity contribution in [3.8, 4) is 6.07 Å². The zero-order valence-corrected chi connectivity index (χ0v) is 12.0. The van der Waals surface area contributed by atoms with E-state index in [1.165, 1.54) is 0 Å². The highest BCUT2D eigenvalue weighted by Crippen LogP contribution is 2.35. The molecule has 1 saturated carbocycles. The molecule has 0 aromatic heterocycles. The lowest BCUT2D eigenvalue weighted by molar-refractivity contribution is -0.130. The lowest BCUT2D eigenvalue weighted by atomic mass is 9.80. The number of rotatable bonds is 4. The molecule has 18 heavy (non-hydrogen) atoms. The van der Waals surface area contributed by atoms with Crippen LogP contribution in [-0.2, 0) is 4.79 Å². The summed E-state index contributed by atoms with van der Waals surface area (Å²) in [4.78, 5) is 12.5. The average Bonchev–Trinajstić information content (AvgIpc) is 2.54. The van der Waals surface area contributed by atoms with Gasteiger partial charge in [0, 0.05) is 5.54 Å². The van der Waals surface area contributed by atoms with E-state index in [1.807, 2.05) is 13.8 Å². The van der Waals surface area contributed by atoms with Crippen molar-refractivity contribution in [1.29, 1.82) is 5.26 Å². The predicted octanol–water partition coefficient (Wildman–Crippen LogP) is 3.55. The third-order valence-electron chi connectivity index (χ3n) is 3.93. The van der Waals surface area contributed by atoms with Crippen LogP contribution in [0.4, 0.5) is 0 Å². The molecule has 0 spiro atoms. The molecule has 1 N–H and O–H groups in total. The minimum Gasteiger partial charge on any atom is -0.350 e. The summed E-state index contributed by atoms with van der Waals surface area (Å²) in [7, 11) is 0. The first-order valence-electron chi connectivity index (χ1n) is 7.20. The van der Waals surface area contributed by atoms with Crippen LogP contribution in [-0.4, -0.2) is 11.4 Å². The predicted molar refractivity (Wildman–Crippen MR) is 72.9 cm³/mol. The molecule has 1 aliphatic rings. The van der Waals surface area contributed by atoms with Crippen molar-refractivity contribution in [2.24, 2.45) is 5.41 Å². The molecule has 102 valence electrons. The summed E-state index contributed by atoms with van der Waals surface area (Å²) in [6, 6.07) is 2.31. The number of hydrogen-bond donors (Lipinski definition) is 1. The van der Waals surface area contributed by atoms with E-state index in [0.29, 0.717) is 0 Å². The number of hydrogen-bond acceptors (Lipinski definition) is 2. The number of carbonyl (C=O) groups excluding carboxylic acids is 1. The Hall–Kier alpha value is -1.04. The molecule has 0 saturated heterocycles. The highest BCUT2D eigenvalue weighted by molar-refractivity contribution is 5.86. The second-order valence-electron chi connectivity index (χ2n) is 6.20. The smallest absolute Gasteiger partial charge is 0.240 e. The number of carbonyl (C=O) groups is 1. The third-order valence-corrected chi connectivity index (χ3v) is 3.93. The first-order valence-corrected chi connectivity index (χ1v) is 7.20. The molecule has 0 radical (unpaired) electrons. The zero-order valence-electron chi connectivity index (χ0n) is 12.0. The lowest BCUT2D eigenvalue weighted by Gasteiger charge is -2.31. The van der Waals surface area contributed by atoms with Gasteiger partial charge in [-0.05, 0) is 33.1 Å².